The van der Waals surface area contributed by atoms with Crippen molar-refractivity contribution in [1.82, 2.24) is 10.3 Å². The molecule has 3 aromatic rings. The number of hydrogen-bond donors (Lipinski definition) is 1. The van der Waals surface area contributed by atoms with Crippen LogP contribution in [0.4, 0.5) is 0 Å². The maximum atomic E-state index is 12.4. The number of nitrogens with one attached hydrogen (secondary N) is 1. The Hall–Kier alpha value is -2.88. The van der Waals surface area contributed by atoms with Crippen molar-refractivity contribution >= 4 is 5.91 Å². The molecule has 1 aromatic heterocycles. The van der Waals surface area contributed by atoms with Crippen LogP contribution in [-0.4, -0.2) is 16.9 Å². The molecule has 0 bridgehead atoms. The van der Waals surface area contributed by atoms with Crippen LogP contribution in [0.25, 0.3) is 22.6 Å². The second-order valence-electron chi connectivity index (χ2n) is 7.77. The predicted molar refractivity (Wildman–Crippen MR) is 115 cm³/mol. The Morgan fingerprint density at radius 3 is 2.17 bits per heavy atom. The molecule has 0 aliphatic heterocycles. The van der Waals surface area contributed by atoms with Gasteiger partial charge in [-0.1, -0.05) is 86.3 Å². The van der Waals surface area contributed by atoms with Gasteiger partial charge in [-0.3, -0.25) is 4.79 Å². The molecule has 0 saturated heterocycles. The van der Waals surface area contributed by atoms with E-state index in [0.717, 1.165) is 35.4 Å². The van der Waals surface area contributed by atoms with Gasteiger partial charge in [0.1, 0.15) is 5.69 Å². The first-order valence-electron chi connectivity index (χ1n) is 10.7. The van der Waals surface area contributed by atoms with Crippen LogP contribution >= 0.6 is 0 Å². The molecule has 0 unspecified atom stereocenters. The van der Waals surface area contributed by atoms with Crippen molar-refractivity contribution in [2.75, 3.05) is 0 Å². The summed E-state index contributed by atoms with van der Waals surface area (Å²) in [7, 11) is 0. The van der Waals surface area contributed by atoms with Crippen molar-refractivity contribution in [3.63, 3.8) is 0 Å². The Morgan fingerprint density at radius 1 is 0.897 bits per heavy atom. The summed E-state index contributed by atoms with van der Waals surface area (Å²) in [6.45, 7) is 0. The van der Waals surface area contributed by atoms with Crippen LogP contribution in [0.3, 0.4) is 0 Å². The zero-order chi connectivity index (χ0) is 19.9. The molecule has 4 rings (SSSR count). The van der Waals surface area contributed by atoms with Crippen molar-refractivity contribution in [3.05, 3.63) is 66.6 Å². The van der Waals surface area contributed by atoms with Crippen LogP contribution in [0, 0.1) is 0 Å². The molecule has 1 fully saturated rings. The van der Waals surface area contributed by atoms with E-state index in [9.17, 15) is 4.79 Å². The Labute approximate surface area is 172 Å². The second kappa shape index (κ2) is 9.55. The van der Waals surface area contributed by atoms with Crippen LogP contribution in [0.5, 0.6) is 0 Å². The van der Waals surface area contributed by atoms with Gasteiger partial charge in [0.15, 0.2) is 11.7 Å². The van der Waals surface area contributed by atoms with E-state index in [-0.39, 0.29) is 5.91 Å². The van der Waals surface area contributed by atoms with Crippen molar-refractivity contribution in [3.8, 4) is 22.6 Å². The number of carbonyl (C=O) groups excluding carboxylic acids is 1. The highest BCUT2D eigenvalue weighted by Crippen LogP contribution is 2.32. The lowest BCUT2D eigenvalue weighted by atomic mass is 10.1. The number of nitrogens with zero attached hydrogens (tertiary/aromatic N) is 1. The third-order valence-electron chi connectivity index (χ3n) is 5.54. The number of oxazole rings is 1. The van der Waals surface area contributed by atoms with Gasteiger partial charge in [0, 0.05) is 30.0 Å². The topological polar surface area (TPSA) is 55.1 Å². The average Bonchev–Trinajstić information content (AvgIpc) is 3.03. The maximum Gasteiger partial charge on any atom is 0.220 e. The van der Waals surface area contributed by atoms with E-state index in [0.29, 0.717) is 24.8 Å². The Balaban J connectivity index is 1.48. The molecule has 4 heteroatoms. The molecule has 4 nitrogen and oxygen atoms in total. The van der Waals surface area contributed by atoms with E-state index in [2.05, 4.69) is 5.32 Å². The SMILES string of the molecule is O=C(CCc1nc(-c2ccccc2)c(-c2ccccc2)o1)NC1CCCCCC1. The average molecular weight is 389 g/mol. The summed E-state index contributed by atoms with van der Waals surface area (Å²) in [5.41, 5.74) is 2.84. The molecule has 1 heterocycles. The smallest absolute Gasteiger partial charge is 0.220 e. The van der Waals surface area contributed by atoms with E-state index in [1.807, 2.05) is 60.7 Å². The molecule has 0 atom stereocenters. The highest BCUT2D eigenvalue weighted by molar-refractivity contribution is 5.78. The van der Waals surface area contributed by atoms with Gasteiger partial charge < -0.3 is 9.73 Å². The number of amides is 1. The molecule has 2 aromatic carbocycles. The van der Waals surface area contributed by atoms with Gasteiger partial charge in [-0.15, -0.1) is 0 Å². The highest BCUT2D eigenvalue weighted by atomic mass is 16.4. The lowest BCUT2D eigenvalue weighted by Gasteiger charge is -2.15. The van der Waals surface area contributed by atoms with Crippen LogP contribution in [0.15, 0.2) is 65.1 Å². The number of aromatic nitrogens is 1. The van der Waals surface area contributed by atoms with Crippen molar-refractivity contribution in [2.24, 2.45) is 0 Å². The van der Waals surface area contributed by atoms with Gasteiger partial charge in [0.25, 0.3) is 0 Å². The summed E-state index contributed by atoms with van der Waals surface area (Å²) < 4.78 is 6.12. The Bertz CT molecular complexity index is 854. The normalized spacial score (nSPS) is 15.0. The molecule has 1 amide bonds. The third-order valence-corrected chi connectivity index (χ3v) is 5.54. The molecule has 1 saturated carbocycles. The fraction of sp³-hybridized carbons (Fsp3) is 0.360. The first-order chi connectivity index (χ1) is 14.3. The fourth-order valence-corrected chi connectivity index (χ4v) is 3.99. The van der Waals surface area contributed by atoms with Crippen LogP contribution < -0.4 is 5.32 Å². The van der Waals surface area contributed by atoms with Crippen LogP contribution in [-0.2, 0) is 11.2 Å². The molecular weight excluding hydrogens is 360 g/mol. The van der Waals surface area contributed by atoms with Gasteiger partial charge in [0.2, 0.25) is 5.91 Å². The van der Waals surface area contributed by atoms with Crippen LogP contribution in [0.1, 0.15) is 50.8 Å². The number of benzene rings is 2. The zero-order valence-electron chi connectivity index (χ0n) is 16.8. The fourth-order valence-electron chi connectivity index (χ4n) is 3.99. The summed E-state index contributed by atoms with van der Waals surface area (Å²) >= 11 is 0. The monoisotopic (exact) mass is 388 g/mol. The lowest BCUT2D eigenvalue weighted by molar-refractivity contribution is -0.121. The van der Waals surface area contributed by atoms with Gasteiger partial charge >= 0.3 is 0 Å². The van der Waals surface area contributed by atoms with E-state index in [1.54, 1.807) is 0 Å². The number of hydrogen-bond acceptors (Lipinski definition) is 3. The van der Waals surface area contributed by atoms with Gasteiger partial charge in [-0.2, -0.15) is 0 Å². The first-order valence-corrected chi connectivity index (χ1v) is 10.7. The zero-order valence-corrected chi connectivity index (χ0v) is 16.8. The summed E-state index contributed by atoms with van der Waals surface area (Å²) in [6, 6.07) is 20.4. The molecule has 29 heavy (non-hydrogen) atoms. The molecule has 1 N–H and O–H groups in total. The first kappa shape index (κ1) is 19.4. The molecule has 1 aliphatic rings. The minimum absolute atomic E-state index is 0.0950. The van der Waals surface area contributed by atoms with Crippen molar-refractivity contribution in [2.45, 2.75) is 57.4 Å². The van der Waals surface area contributed by atoms with Crippen LogP contribution in [0.2, 0.25) is 0 Å². The Kier molecular flexibility index (Phi) is 6.40. The third kappa shape index (κ3) is 5.14. The minimum atomic E-state index is 0.0950. The van der Waals surface area contributed by atoms with Gasteiger partial charge in [0.05, 0.1) is 0 Å². The van der Waals surface area contributed by atoms with E-state index >= 15 is 0 Å². The number of aryl methyl sites for hydroxylation is 1. The molecule has 0 spiro atoms. The summed E-state index contributed by atoms with van der Waals surface area (Å²) in [5, 5.41) is 3.21. The quantitative estimate of drug-likeness (QED) is 0.545. The van der Waals surface area contributed by atoms with Crippen molar-refractivity contribution in [1.29, 1.82) is 0 Å². The molecule has 0 radical (unpaired) electrons. The van der Waals surface area contributed by atoms with Gasteiger partial charge in [-0.05, 0) is 12.8 Å². The summed E-state index contributed by atoms with van der Waals surface area (Å²) in [5.74, 6) is 1.47. The van der Waals surface area contributed by atoms with Gasteiger partial charge in [-0.25, -0.2) is 4.98 Å². The lowest BCUT2D eigenvalue weighted by Crippen LogP contribution is -2.34. The molecule has 1 aliphatic carbocycles. The minimum Gasteiger partial charge on any atom is -0.440 e. The standard InChI is InChI=1S/C25H28N2O2/c28-22(26-21-15-9-1-2-10-16-21)17-18-23-27-24(19-11-5-3-6-12-19)25(29-23)20-13-7-4-8-14-20/h3-8,11-14,21H,1-2,9-10,15-18H2,(H,26,28). The second-order valence-corrected chi connectivity index (χ2v) is 7.77. The predicted octanol–water partition coefficient (Wildman–Crippen LogP) is 5.78. The highest BCUT2D eigenvalue weighted by Gasteiger charge is 2.19. The maximum absolute atomic E-state index is 12.4. The molecular formula is C25H28N2O2. The Morgan fingerprint density at radius 2 is 1.52 bits per heavy atom. The van der Waals surface area contributed by atoms with E-state index in [1.165, 1.54) is 25.7 Å². The summed E-state index contributed by atoms with van der Waals surface area (Å²) in [6.07, 6.45) is 8.10. The largest absolute Gasteiger partial charge is 0.440 e. The van der Waals surface area contributed by atoms with E-state index < -0.39 is 0 Å². The number of rotatable bonds is 6. The van der Waals surface area contributed by atoms with Crippen molar-refractivity contribution < 1.29 is 9.21 Å². The molecule has 150 valence electrons. The van der Waals surface area contributed by atoms with E-state index in [4.69, 9.17) is 9.40 Å². The number of carbonyl (C=O) groups is 1. The summed E-state index contributed by atoms with van der Waals surface area (Å²) in [4.78, 5) is 17.2.